The maximum atomic E-state index is 10.3. The van der Waals surface area contributed by atoms with Crippen LogP contribution in [-0.2, 0) is 0 Å². The molecular weight excluding hydrogens is 258 g/mol. The highest BCUT2D eigenvalue weighted by atomic mass is 35.5. The number of nitrogens with one attached hydrogen (secondary N) is 1. The summed E-state index contributed by atoms with van der Waals surface area (Å²) < 4.78 is 0.844. The number of carboxylic acid groups (broad SMARTS) is 1. The van der Waals surface area contributed by atoms with E-state index in [4.69, 9.17) is 16.9 Å². The molecule has 0 aliphatic carbocycles. The molecule has 1 aromatic heterocycles. The predicted molar refractivity (Wildman–Crippen MR) is 68.0 cm³/mol. The van der Waals surface area contributed by atoms with E-state index in [1.807, 2.05) is 0 Å². The van der Waals surface area contributed by atoms with Crippen molar-refractivity contribution >= 4 is 23.4 Å². The van der Waals surface area contributed by atoms with E-state index in [1.54, 1.807) is 6.07 Å². The average Bonchev–Trinajstić information content (AvgIpc) is 2.28. The summed E-state index contributed by atoms with van der Waals surface area (Å²) >= 11 is 5.20. The van der Waals surface area contributed by atoms with Gasteiger partial charge >= 0.3 is 0 Å². The number of quaternary nitrogens is 1. The Kier molecular flexibility index (Phi) is 7.26. The SMILES string of the molecule is C[N+](C)(C)CCO.O=C([O-])c1ncccc1NCl. The van der Waals surface area contributed by atoms with E-state index in [0.29, 0.717) is 0 Å². The van der Waals surface area contributed by atoms with E-state index in [0.717, 1.165) is 11.0 Å². The molecule has 0 atom stereocenters. The standard InChI is InChI=1S/C6H5ClN2O2.C5H14NO/c7-9-4-2-1-3-8-5(4)6(10)11;1-6(2,3)4-5-7/h1-3,9H,(H,10,11);7H,4-5H2,1-3H3/q;+1/p-1. The summed E-state index contributed by atoms with van der Waals surface area (Å²) in [4.78, 5) is 16.0. The van der Waals surface area contributed by atoms with Crippen LogP contribution in [0.1, 0.15) is 10.5 Å². The molecule has 0 fully saturated rings. The quantitative estimate of drug-likeness (QED) is 0.582. The molecule has 0 saturated heterocycles. The fraction of sp³-hybridized carbons (Fsp3) is 0.455. The monoisotopic (exact) mass is 275 g/mol. The third-order valence-electron chi connectivity index (χ3n) is 1.87. The zero-order valence-corrected chi connectivity index (χ0v) is 11.4. The van der Waals surface area contributed by atoms with Crippen LogP contribution < -0.4 is 9.94 Å². The van der Waals surface area contributed by atoms with E-state index in [9.17, 15) is 9.90 Å². The highest BCUT2D eigenvalue weighted by Gasteiger charge is 2.02. The molecule has 1 heterocycles. The van der Waals surface area contributed by atoms with Crippen LogP contribution >= 0.6 is 11.8 Å². The summed E-state index contributed by atoms with van der Waals surface area (Å²) in [5, 5.41) is 18.7. The van der Waals surface area contributed by atoms with Gasteiger partial charge in [0.25, 0.3) is 0 Å². The van der Waals surface area contributed by atoms with E-state index >= 15 is 0 Å². The number of carboxylic acids is 1. The molecule has 6 nitrogen and oxygen atoms in total. The van der Waals surface area contributed by atoms with Gasteiger partial charge in [0.1, 0.15) is 12.2 Å². The average molecular weight is 276 g/mol. The maximum absolute atomic E-state index is 10.3. The number of aromatic nitrogens is 1. The summed E-state index contributed by atoms with van der Waals surface area (Å²) in [6.45, 7) is 1.11. The topological polar surface area (TPSA) is 85.3 Å². The number of hydrogen-bond donors (Lipinski definition) is 2. The molecule has 7 heteroatoms. The van der Waals surface area contributed by atoms with E-state index < -0.39 is 5.97 Å². The minimum atomic E-state index is -1.35. The summed E-state index contributed by atoms with van der Waals surface area (Å²) in [6, 6.07) is 3.06. The molecule has 1 rings (SSSR count). The first kappa shape index (κ1) is 16.6. The van der Waals surface area contributed by atoms with Gasteiger partial charge in [-0.1, -0.05) is 0 Å². The van der Waals surface area contributed by atoms with E-state index in [-0.39, 0.29) is 18.0 Å². The second-order valence-electron chi connectivity index (χ2n) is 4.52. The van der Waals surface area contributed by atoms with Crippen LogP contribution in [0.3, 0.4) is 0 Å². The van der Waals surface area contributed by atoms with Crippen molar-refractivity contribution in [2.45, 2.75) is 0 Å². The first-order valence-corrected chi connectivity index (χ1v) is 5.64. The highest BCUT2D eigenvalue weighted by Crippen LogP contribution is 2.11. The first-order chi connectivity index (χ1) is 8.31. The van der Waals surface area contributed by atoms with Crippen molar-refractivity contribution in [3.8, 4) is 0 Å². The molecule has 2 N–H and O–H groups in total. The Hall–Kier alpha value is -1.37. The van der Waals surface area contributed by atoms with Crippen molar-refractivity contribution in [2.24, 2.45) is 0 Å². The molecule has 0 spiro atoms. The number of halogens is 1. The van der Waals surface area contributed by atoms with Crippen molar-refractivity contribution < 1.29 is 19.5 Å². The van der Waals surface area contributed by atoms with Crippen molar-refractivity contribution in [3.05, 3.63) is 24.0 Å². The highest BCUT2D eigenvalue weighted by molar-refractivity contribution is 6.24. The number of pyridine rings is 1. The minimum Gasteiger partial charge on any atom is -0.543 e. The Morgan fingerprint density at radius 1 is 1.56 bits per heavy atom. The van der Waals surface area contributed by atoms with Crippen molar-refractivity contribution in [1.82, 2.24) is 4.98 Å². The summed E-state index contributed by atoms with van der Waals surface area (Å²) in [5.74, 6) is -1.35. The van der Waals surface area contributed by atoms with Crippen LogP contribution in [0.4, 0.5) is 5.69 Å². The first-order valence-electron chi connectivity index (χ1n) is 5.26. The molecule has 0 unspecified atom stereocenters. The molecule has 18 heavy (non-hydrogen) atoms. The fourth-order valence-corrected chi connectivity index (χ4v) is 1.10. The molecule has 102 valence electrons. The fourth-order valence-electron chi connectivity index (χ4n) is 0.944. The molecule has 0 radical (unpaired) electrons. The Morgan fingerprint density at radius 2 is 2.17 bits per heavy atom. The largest absolute Gasteiger partial charge is 0.543 e. The lowest BCUT2D eigenvalue weighted by atomic mass is 10.3. The van der Waals surface area contributed by atoms with Crippen LogP contribution in [0.25, 0.3) is 0 Å². The van der Waals surface area contributed by atoms with Crippen LogP contribution in [0.5, 0.6) is 0 Å². The molecule has 0 aliphatic rings. The smallest absolute Gasteiger partial charge is 0.110 e. The second-order valence-corrected chi connectivity index (χ2v) is 4.71. The number of likely N-dealkylation sites (N-methyl/N-ethyl adjacent to an activating group) is 1. The summed E-state index contributed by atoms with van der Waals surface area (Å²) in [7, 11) is 6.16. The number of carbonyl (C=O) groups excluding carboxylic acids is 1. The number of aliphatic hydroxyl groups is 1. The molecular formula is C11H18ClN3O3. The van der Waals surface area contributed by atoms with Crippen LogP contribution in [-0.4, -0.2) is 54.8 Å². The van der Waals surface area contributed by atoms with Gasteiger partial charge in [-0.05, 0) is 12.1 Å². The van der Waals surface area contributed by atoms with Gasteiger partial charge in [0.2, 0.25) is 0 Å². The number of hydrogen-bond acceptors (Lipinski definition) is 5. The van der Waals surface area contributed by atoms with Gasteiger partial charge < -0.3 is 19.5 Å². The number of carbonyl (C=O) groups is 1. The third-order valence-corrected chi connectivity index (χ3v) is 2.08. The normalized spacial score (nSPS) is 10.3. The Morgan fingerprint density at radius 3 is 2.44 bits per heavy atom. The zero-order chi connectivity index (χ0) is 14.2. The molecule has 1 aromatic rings. The summed E-state index contributed by atoms with van der Waals surface area (Å²) in [6.07, 6.45) is 1.35. The van der Waals surface area contributed by atoms with Gasteiger partial charge in [-0.3, -0.25) is 9.82 Å². The third kappa shape index (κ3) is 7.05. The van der Waals surface area contributed by atoms with E-state index in [1.165, 1.54) is 12.3 Å². The Labute approximate surface area is 112 Å². The lowest BCUT2D eigenvalue weighted by Gasteiger charge is -2.21. The van der Waals surface area contributed by atoms with Gasteiger partial charge in [-0.25, -0.2) is 0 Å². The minimum absolute atomic E-state index is 0.192. The lowest BCUT2D eigenvalue weighted by molar-refractivity contribution is -0.870. The number of aromatic carboxylic acids is 1. The van der Waals surface area contributed by atoms with Gasteiger partial charge in [0.15, 0.2) is 0 Å². The van der Waals surface area contributed by atoms with Gasteiger partial charge in [-0.2, -0.15) is 0 Å². The molecule has 0 saturated carbocycles. The van der Waals surface area contributed by atoms with Crippen molar-refractivity contribution in [3.63, 3.8) is 0 Å². The van der Waals surface area contributed by atoms with Crippen LogP contribution in [0.15, 0.2) is 18.3 Å². The van der Waals surface area contributed by atoms with Gasteiger partial charge in [0, 0.05) is 18.0 Å². The predicted octanol–water partition coefficient (Wildman–Crippen LogP) is -0.304. The summed E-state index contributed by atoms with van der Waals surface area (Å²) in [5.41, 5.74) is 0.0386. The molecule has 0 aromatic carbocycles. The van der Waals surface area contributed by atoms with Crippen molar-refractivity contribution in [1.29, 1.82) is 0 Å². The number of aliphatic hydroxyl groups excluding tert-OH is 1. The molecule has 0 bridgehead atoms. The maximum Gasteiger partial charge on any atom is 0.110 e. The van der Waals surface area contributed by atoms with Crippen LogP contribution in [0, 0.1) is 0 Å². The van der Waals surface area contributed by atoms with E-state index in [2.05, 4.69) is 31.0 Å². The van der Waals surface area contributed by atoms with Gasteiger partial charge in [-0.15, -0.1) is 0 Å². The molecule has 0 amide bonds. The van der Waals surface area contributed by atoms with Gasteiger partial charge in [0.05, 0.1) is 39.4 Å². The Bertz CT molecular complexity index is 380. The lowest BCUT2D eigenvalue weighted by Crippen LogP contribution is -2.36. The van der Waals surface area contributed by atoms with Crippen molar-refractivity contribution in [2.75, 3.05) is 39.1 Å². The zero-order valence-electron chi connectivity index (χ0n) is 10.7. The number of nitrogens with zero attached hydrogens (tertiary/aromatic N) is 2. The number of anilines is 1. The number of rotatable bonds is 4. The van der Waals surface area contributed by atoms with Crippen LogP contribution in [0.2, 0.25) is 0 Å². The molecule has 0 aliphatic heterocycles. The Balaban J connectivity index is 0.000000360. The second kappa shape index (κ2) is 7.86.